The molecule has 2 N–H and O–H groups in total. The molecule has 7 heteroatoms. The summed E-state index contributed by atoms with van der Waals surface area (Å²) in [6.45, 7) is 4.42. The first-order chi connectivity index (χ1) is 11.2. The highest BCUT2D eigenvalue weighted by atomic mass is 127. The van der Waals surface area contributed by atoms with Crippen molar-refractivity contribution in [3.63, 3.8) is 0 Å². The first kappa shape index (κ1) is 19.0. The Balaban J connectivity index is 0.00000208. The van der Waals surface area contributed by atoms with Gasteiger partial charge in [0.25, 0.3) is 0 Å². The van der Waals surface area contributed by atoms with Crippen molar-refractivity contribution < 1.29 is 4.74 Å². The second-order valence-electron chi connectivity index (χ2n) is 5.51. The molecule has 1 aromatic carbocycles. The molecule has 0 unspecified atom stereocenters. The van der Waals surface area contributed by atoms with Crippen LogP contribution in [-0.4, -0.2) is 31.1 Å². The fourth-order valence-electron chi connectivity index (χ4n) is 2.58. The lowest BCUT2D eigenvalue weighted by atomic mass is 10.1. The van der Waals surface area contributed by atoms with Gasteiger partial charge in [-0.3, -0.25) is 4.99 Å². The van der Waals surface area contributed by atoms with Crippen LogP contribution in [-0.2, 0) is 19.4 Å². The first-order valence-electron chi connectivity index (χ1n) is 7.85. The van der Waals surface area contributed by atoms with Crippen LogP contribution in [0.3, 0.4) is 0 Å². The zero-order valence-electron chi connectivity index (χ0n) is 14.0. The summed E-state index contributed by atoms with van der Waals surface area (Å²) in [6, 6.07) is 6.47. The molecule has 0 aliphatic carbocycles. The molecule has 24 heavy (non-hydrogen) atoms. The molecular formula is C17H23IN4OS. The number of benzene rings is 1. The third-order valence-electron chi connectivity index (χ3n) is 3.76. The Labute approximate surface area is 164 Å². The van der Waals surface area contributed by atoms with Crippen molar-refractivity contribution in [2.75, 3.05) is 20.2 Å². The van der Waals surface area contributed by atoms with E-state index in [1.165, 1.54) is 16.0 Å². The minimum atomic E-state index is 0. The van der Waals surface area contributed by atoms with E-state index in [4.69, 9.17) is 4.74 Å². The molecule has 2 aromatic rings. The smallest absolute Gasteiger partial charge is 0.191 e. The molecule has 0 fully saturated rings. The normalized spacial score (nSPS) is 13.0. The number of aliphatic imine (C=N–C) groups is 1. The van der Waals surface area contributed by atoms with Gasteiger partial charge in [-0.25, -0.2) is 4.98 Å². The molecular weight excluding hydrogens is 435 g/mol. The Hall–Kier alpha value is -1.35. The molecule has 0 atom stereocenters. The lowest BCUT2D eigenvalue weighted by Gasteiger charge is -2.11. The van der Waals surface area contributed by atoms with Gasteiger partial charge in [0.05, 0.1) is 13.2 Å². The Bertz CT molecular complexity index is 702. The Kier molecular flexibility index (Phi) is 7.29. The highest BCUT2D eigenvalue weighted by molar-refractivity contribution is 14.0. The molecule has 0 spiro atoms. The lowest BCUT2D eigenvalue weighted by molar-refractivity contribution is 0.357. The van der Waals surface area contributed by atoms with E-state index >= 15 is 0 Å². The molecule has 1 aliphatic heterocycles. The van der Waals surface area contributed by atoms with E-state index in [0.717, 1.165) is 42.7 Å². The van der Waals surface area contributed by atoms with Crippen molar-refractivity contribution in [3.8, 4) is 5.75 Å². The summed E-state index contributed by atoms with van der Waals surface area (Å²) >= 11 is 1.70. The quantitative estimate of drug-likeness (QED) is 0.411. The van der Waals surface area contributed by atoms with Crippen molar-refractivity contribution >= 4 is 41.3 Å². The molecule has 5 nitrogen and oxygen atoms in total. The number of aromatic nitrogens is 1. The summed E-state index contributed by atoms with van der Waals surface area (Å²) in [5.74, 6) is 1.85. The van der Waals surface area contributed by atoms with Gasteiger partial charge in [-0.2, -0.15) is 0 Å². The first-order valence-corrected chi connectivity index (χ1v) is 8.66. The van der Waals surface area contributed by atoms with Gasteiger partial charge < -0.3 is 15.4 Å². The third kappa shape index (κ3) is 5.07. The predicted octanol–water partition coefficient (Wildman–Crippen LogP) is 2.91. The highest BCUT2D eigenvalue weighted by Crippen LogP contribution is 2.25. The second-order valence-corrected chi connectivity index (χ2v) is 6.83. The number of hydrogen-bond donors (Lipinski definition) is 2. The number of aryl methyl sites for hydroxylation is 1. The molecule has 1 aliphatic rings. The molecule has 0 radical (unpaired) electrons. The van der Waals surface area contributed by atoms with Gasteiger partial charge >= 0.3 is 0 Å². The minimum absolute atomic E-state index is 0. The van der Waals surface area contributed by atoms with Crippen LogP contribution in [0.1, 0.15) is 21.0 Å². The Morgan fingerprint density at radius 2 is 2.25 bits per heavy atom. The Morgan fingerprint density at radius 3 is 3.00 bits per heavy atom. The molecule has 0 amide bonds. The molecule has 3 rings (SSSR count). The van der Waals surface area contributed by atoms with Gasteiger partial charge in [0.1, 0.15) is 10.8 Å². The molecule has 0 bridgehead atoms. The number of nitrogens with one attached hydrogen (secondary N) is 2. The van der Waals surface area contributed by atoms with Gasteiger partial charge in [-0.15, -0.1) is 35.3 Å². The van der Waals surface area contributed by atoms with E-state index in [-0.39, 0.29) is 24.0 Å². The Morgan fingerprint density at radius 1 is 1.38 bits per heavy atom. The van der Waals surface area contributed by atoms with Crippen LogP contribution in [0.4, 0.5) is 0 Å². The standard InChI is InChI=1S/C17H22N4OS.HI/c1-12-10-20-16(23-12)11-21-17(18-2)19-7-5-13-3-4-15-14(9-13)6-8-22-15;/h3-4,9-10H,5-8,11H2,1-2H3,(H2,18,19,21);1H. The van der Waals surface area contributed by atoms with Crippen molar-refractivity contribution in [2.45, 2.75) is 26.3 Å². The van der Waals surface area contributed by atoms with Crippen LogP contribution >= 0.6 is 35.3 Å². The topological polar surface area (TPSA) is 58.5 Å². The molecule has 2 heterocycles. The maximum absolute atomic E-state index is 5.54. The van der Waals surface area contributed by atoms with Crippen molar-refractivity contribution in [2.24, 2.45) is 4.99 Å². The molecule has 130 valence electrons. The predicted molar refractivity (Wildman–Crippen MR) is 110 cm³/mol. The fourth-order valence-corrected chi connectivity index (χ4v) is 3.31. The zero-order chi connectivity index (χ0) is 16.1. The molecule has 1 aromatic heterocycles. The fraction of sp³-hybridized carbons (Fsp3) is 0.412. The third-order valence-corrected chi connectivity index (χ3v) is 4.67. The number of nitrogens with zero attached hydrogens (tertiary/aromatic N) is 2. The zero-order valence-corrected chi connectivity index (χ0v) is 17.1. The van der Waals surface area contributed by atoms with Crippen LogP contribution in [0.15, 0.2) is 29.4 Å². The van der Waals surface area contributed by atoms with E-state index in [1.54, 1.807) is 18.4 Å². The van der Waals surface area contributed by atoms with E-state index in [2.05, 4.69) is 45.7 Å². The largest absolute Gasteiger partial charge is 0.493 e. The van der Waals surface area contributed by atoms with Crippen LogP contribution in [0.5, 0.6) is 5.75 Å². The number of halogens is 1. The number of thiazole rings is 1. The van der Waals surface area contributed by atoms with E-state index < -0.39 is 0 Å². The minimum Gasteiger partial charge on any atom is -0.493 e. The maximum atomic E-state index is 5.54. The van der Waals surface area contributed by atoms with Gasteiger partial charge in [-0.1, -0.05) is 12.1 Å². The molecule has 0 saturated carbocycles. The number of ether oxygens (including phenoxy) is 1. The van der Waals surface area contributed by atoms with E-state index in [9.17, 15) is 0 Å². The van der Waals surface area contributed by atoms with Crippen molar-refractivity contribution in [1.29, 1.82) is 0 Å². The number of fused-ring (bicyclic) bond motifs is 1. The van der Waals surface area contributed by atoms with Crippen LogP contribution < -0.4 is 15.4 Å². The average Bonchev–Trinajstić information content (AvgIpc) is 3.18. The van der Waals surface area contributed by atoms with Crippen LogP contribution in [0.2, 0.25) is 0 Å². The summed E-state index contributed by atoms with van der Waals surface area (Å²) in [7, 11) is 1.79. The maximum Gasteiger partial charge on any atom is 0.191 e. The second kappa shape index (κ2) is 9.22. The van der Waals surface area contributed by atoms with Crippen LogP contribution in [0, 0.1) is 6.92 Å². The van der Waals surface area contributed by atoms with Crippen molar-refractivity contribution in [1.82, 2.24) is 15.6 Å². The van der Waals surface area contributed by atoms with E-state index in [1.807, 2.05) is 6.20 Å². The number of rotatable bonds is 5. The van der Waals surface area contributed by atoms with Crippen LogP contribution in [0.25, 0.3) is 0 Å². The summed E-state index contributed by atoms with van der Waals surface area (Å²) in [5, 5.41) is 7.71. The van der Waals surface area contributed by atoms with Crippen molar-refractivity contribution in [3.05, 3.63) is 45.4 Å². The van der Waals surface area contributed by atoms with E-state index in [0.29, 0.717) is 6.54 Å². The SMILES string of the molecule is CN=C(NCCc1ccc2c(c1)CCO2)NCc1ncc(C)s1.I. The molecule has 0 saturated heterocycles. The lowest BCUT2D eigenvalue weighted by Crippen LogP contribution is -2.37. The summed E-state index contributed by atoms with van der Waals surface area (Å²) in [4.78, 5) is 9.82. The summed E-state index contributed by atoms with van der Waals surface area (Å²) < 4.78 is 5.54. The summed E-state index contributed by atoms with van der Waals surface area (Å²) in [6.07, 6.45) is 3.88. The van der Waals surface area contributed by atoms with Gasteiger partial charge in [0.15, 0.2) is 5.96 Å². The number of hydrogen-bond acceptors (Lipinski definition) is 4. The highest BCUT2D eigenvalue weighted by Gasteiger charge is 2.11. The number of guanidine groups is 1. The average molecular weight is 458 g/mol. The monoisotopic (exact) mass is 458 g/mol. The summed E-state index contributed by atoms with van der Waals surface area (Å²) in [5.41, 5.74) is 2.65. The van der Waals surface area contributed by atoms with Gasteiger partial charge in [-0.05, 0) is 30.5 Å². The van der Waals surface area contributed by atoms with Gasteiger partial charge in [0.2, 0.25) is 0 Å². The van der Waals surface area contributed by atoms with Gasteiger partial charge in [0, 0.05) is 31.1 Å².